The zero-order valence-corrected chi connectivity index (χ0v) is 13.9. The van der Waals surface area contributed by atoms with Gasteiger partial charge in [-0.15, -0.1) is 0 Å². The fraction of sp³-hybridized carbons (Fsp3) is 0.643. The van der Waals surface area contributed by atoms with E-state index in [4.69, 9.17) is 0 Å². The van der Waals surface area contributed by atoms with Gasteiger partial charge in [0.1, 0.15) is 6.04 Å². The van der Waals surface area contributed by atoms with Crippen molar-refractivity contribution in [3.63, 3.8) is 0 Å². The summed E-state index contributed by atoms with van der Waals surface area (Å²) in [6, 6.07) is -0.919. The highest BCUT2D eigenvalue weighted by atomic mass is 33.1. The maximum Gasteiger partial charge on any atom is 0.326 e. The number of hydrogen-bond donors (Lipinski definition) is 3. The lowest BCUT2D eigenvalue weighted by molar-refractivity contribution is -0.141. The van der Waals surface area contributed by atoms with Gasteiger partial charge in [0.2, 0.25) is 5.91 Å². The van der Waals surface area contributed by atoms with Crippen molar-refractivity contribution < 1.29 is 14.7 Å². The SMILES string of the molecule is O=C(CCCCC1CCSS1)NC(Cc1c[nH]cn1)C(=O)O. The zero-order valence-electron chi connectivity index (χ0n) is 12.3. The molecule has 0 bridgehead atoms. The van der Waals surface area contributed by atoms with Crippen LogP contribution in [0.5, 0.6) is 0 Å². The standard InChI is InChI=1S/C14H21N3O3S2/c18-13(4-2-1-3-11-5-6-21-22-11)17-12(14(19)20)7-10-8-15-9-16-10/h8-9,11-12H,1-7H2,(H,15,16)(H,17,18)(H,19,20). The van der Waals surface area contributed by atoms with Crippen LogP contribution in [0.1, 0.15) is 37.8 Å². The number of imidazole rings is 1. The molecule has 8 heteroatoms. The quantitative estimate of drug-likeness (QED) is 0.470. The Bertz CT molecular complexity index is 476. The molecule has 1 aromatic heterocycles. The summed E-state index contributed by atoms with van der Waals surface area (Å²) in [5.41, 5.74) is 0.628. The fourth-order valence-corrected chi connectivity index (χ4v) is 5.33. The Balaban J connectivity index is 1.65. The molecule has 2 heterocycles. The molecular weight excluding hydrogens is 322 g/mol. The van der Waals surface area contributed by atoms with Gasteiger partial charge in [0.15, 0.2) is 0 Å². The minimum Gasteiger partial charge on any atom is -0.480 e. The first-order valence-corrected chi connectivity index (χ1v) is 9.81. The number of amides is 1. The molecule has 2 unspecified atom stereocenters. The number of carboxylic acid groups (broad SMARTS) is 1. The van der Waals surface area contributed by atoms with Crippen LogP contribution in [-0.4, -0.2) is 44.0 Å². The van der Waals surface area contributed by atoms with Gasteiger partial charge >= 0.3 is 5.97 Å². The topological polar surface area (TPSA) is 95.1 Å². The molecule has 0 aliphatic carbocycles. The number of carbonyl (C=O) groups excluding carboxylic acids is 1. The van der Waals surface area contributed by atoms with Gasteiger partial charge in [-0.25, -0.2) is 9.78 Å². The number of nitrogens with zero attached hydrogens (tertiary/aromatic N) is 1. The third kappa shape index (κ3) is 5.92. The van der Waals surface area contributed by atoms with E-state index in [1.165, 1.54) is 18.5 Å². The molecule has 6 nitrogen and oxygen atoms in total. The molecule has 0 radical (unpaired) electrons. The average Bonchev–Trinajstić information content (AvgIpc) is 3.16. The summed E-state index contributed by atoms with van der Waals surface area (Å²) >= 11 is 0. The van der Waals surface area contributed by atoms with E-state index in [1.54, 1.807) is 6.20 Å². The second-order valence-corrected chi connectivity index (χ2v) is 8.09. The lowest BCUT2D eigenvalue weighted by atomic mass is 10.1. The maximum absolute atomic E-state index is 11.9. The molecule has 2 rings (SSSR count). The van der Waals surface area contributed by atoms with Gasteiger partial charge in [-0.05, 0) is 19.3 Å². The summed E-state index contributed by atoms with van der Waals surface area (Å²) in [7, 11) is 3.87. The Morgan fingerprint density at radius 1 is 1.50 bits per heavy atom. The number of carbonyl (C=O) groups is 2. The van der Waals surface area contributed by atoms with Crippen LogP contribution in [-0.2, 0) is 16.0 Å². The number of carboxylic acids is 1. The molecule has 1 aliphatic heterocycles. The molecule has 122 valence electrons. The average molecular weight is 343 g/mol. The monoisotopic (exact) mass is 343 g/mol. The Labute approximate surface area is 137 Å². The molecule has 1 amide bonds. The van der Waals surface area contributed by atoms with E-state index in [1.807, 2.05) is 21.6 Å². The van der Waals surface area contributed by atoms with Crippen LogP contribution in [0.25, 0.3) is 0 Å². The van der Waals surface area contributed by atoms with Gasteiger partial charge in [-0.2, -0.15) is 0 Å². The first-order chi connectivity index (χ1) is 10.6. The van der Waals surface area contributed by atoms with Gasteiger partial charge in [0.05, 0.1) is 12.0 Å². The molecule has 0 aromatic carbocycles. The number of aromatic nitrogens is 2. The van der Waals surface area contributed by atoms with Crippen molar-refractivity contribution in [1.82, 2.24) is 15.3 Å². The summed E-state index contributed by atoms with van der Waals surface area (Å²) in [6.45, 7) is 0. The van der Waals surface area contributed by atoms with E-state index in [0.717, 1.165) is 24.5 Å². The molecule has 0 saturated carbocycles. The number of hydrogen-bond acceptors (Lipinski definition) is 5. The first kappa shape index (κ1) is 17.2. The molecule has 2 atom stereocenters. The lowest BCUT2D eigenvalue weighted by Gasteiger charge is -2.13. The van der Waals surface area contributed by atoms with Crippen LogP contribution in [0.4, 0.5) is 0 Å². The predicted octanol–water partition coefficient (Wildman–Crippen LogP) is 2.24. The molecular formula is C14H21N3O3S2. The van der Waals surface area contributed by atoms with E-state index in [-0.39, 0.29) is 12.3 Å². The highest BCUT2D eigenvalue weighted by Gasteiger charge is 2.21. The summed E-state index contributed by atoms with van der Waals surface area (Å²) in [6.07, 6.45) is 7.93. The van der Waals surface area contributed by atoms with E-state index in [9.17, 15) is 14.7 Å². The Morgan fingerprint density at radius 3 is 3.00 bits per heavy atom. The van der Waals surface area contributed by atoms with E-state index in [2.05, 4.69) is 15.3 Å². The van der Waals surface area contributed by atoms with Crippen LogP contribution < -0.4 is 5.32 Å². The smallest absolute Gasteiger partial charge is 0.326 e. The number of unbranched alkanes of at least 4 members (excludes halogenated alkanes) is 1. The van der Waals surface area contributed by atoms with Crippen molar-refractivity contribution in [1.29, 1.82) is 0 Å². The van der Waals surface area contributed by atoms with Crippen LogP contribution >= 0.6 is 21.6 Å². The predicted molar refractivity (Wildman–Crippen MR) is 88.8 cm³/mol. The van der Waals surface area contributed by atoms with Crippen molar-refractivity contribution in [2.75, 3.05) is 5.75 Å². The Kier molecular flexibility index (Phi) is 7.11. The summed E-state index contributed by atoms with van der Waals surface area (Å²) < 4.78 is 0. The van der Waals surface area contributed by atoms with Crippen molar-refractivity contribution >= 4 is 33.5 Å². The normalized spacial score (nSPS) is 19.0. The lowest BCUT2D eigenvalue weighted by Crippen LogP contribution is -2.42. The first-order valence-electron chi connectivity index (χ1n) is 7.43. The third-order valence-electron chi connectivity index (χ3n) is 3.51. The van der Waals surface area contributed by atoms with Gasteiger partial charge in [-0.1, -0.05) is 28.0 Å². The van der Waals surface area contributed by atoms with Crippen LogP contribution in [0.15, 0.2) is 12.5 Å². The number of nitrogens with one attached hydrogen (secondary N) is 2. The second-order valence-electron chi connectivity index (χ2n) is 5.30. The van der Waals surface area contributed by atoms with Crippen LogP contribution in [0, 0.1) is 0 Å². The summed E-state index contributed by atoms with van der Waals surface area (Å²) in [5, 5.41) is 12.5. The van der Waals surface area contributed by atoms with Gasteiger partial charge in [0.25, 0.3) is 0 Å². The number of H-pyrrole nitrogens is 1. The van der Waals surface area contributed by atoms with E-state index in [0.29, 0.717) is 12.1 Å². The number of rotatable bonds is 9. The van der Waals surface area contributed by atoms with Gasteiger partial charge in [0, 0.05) is 30.0 Å². The molecule has 1 aromatic rings. The highest BCUT2D eigenvalue weighted by molar-refractivity contribution is 8.77. The molecule has 0 spiro atoms. The van der Waals surface area contributed by atoms with Crippen molar-refractivity contribution in [3.8, 4) is 0 Å². The van der Waals surface area contributed by atoms with Crippen LogP contribution in [0.3, 0.4) is 0 Å². The number of aromatic amines is 1. The Hall–Kier alpha value is -1.15. The van der Waals surface area contributed by atoms with Crippen LogP contribution in [0.2, 0.25) is 0 Å². The van der Waals surface area contributed by atoms with Gasteiger partial charge in [-0.3, -0.25) is 4.79 Å². The van der Waals surface area contributed by atoms with Crippen molar-refractivity contribution in [3.05, 3.63) is 18.2 Å². The molecule has 1 fully saturated rings. The minimum absolute atomic E-state index is 0.195. The van der Waals surface area contributed by atoms with Crippen molar-refractivity contribution in [2.45, 2.75) is 49.8 Å². The van der Waals surface area contributed by atoms with Crippen molar-refractivity contribution in [2.24, 2.45) is 0 Å². The maximum atomic E-state index is 11.9. The highest BCUT2D eigenvalue weighted by Crippen LogP contribution is 2.39. The largest absolute Gasteiger partial charge is 0.480 e. The zero-order chi connectivity index (χ0) is 15.8. The van der Waals surface area contributed by atoms with E-state index < -0.39 is 12.0 Å². The fourth-order valence-electron chi connectivity index (χ4n) is 2.30. The molecule has 1 aliphatic rings. The van der Waals surface area contributed by atoms with E-state index >= 15 is 0 Å². The summed E-state index contributed by atoms with van der Waals surface area (Å²) in [4.78, 5) is 29.8. The third-order valence-corrected chi connectivity index (χ3v) is 6.52. The van der Waals surface area contributed by atoms with Gasteiger partial charge < -0.3 is 15.4 Å². The number of aliphatic carboxylic acids is 1. The molecule has 1 saturated heterocycles. The second kappa shape index (κ2) is 9.09. The minimum atomic E-state index is -1.03. The molecule has 22 heavy (non-hydrogen) atoms. The Morgan fingerprint density at radius 2 is 2.36 bits per heavy atom. The summed E-state index contributed by atoms with van der Waals surface area (Å²) in [5.74, 6) is -0.00403. The molecule has 3 N–H and O–H groups in total.